The molecule has 0 radical (unpaired) electrons. The second-order valence-electron chi connectivity index (χ2n) is 5.15. The maximum atomic E-state index is 12.9. The van der Waals surface area contributed by atoms with Crippen molar-refractivity contribution in [2.24, 2.45) is 0 Å². The van der Waals surface area contributed by atoms with E-state index < -0.39 is 28.9 Å². The standard InChI is InChI=1S/C17H18FN3O6S/c1-3-25-15(23)13(16(24)26-4-2)28-17-21-20-12(27-17)9-19-14(22)10-5-7-11(18)8-6-10/h5-8,13H,3-4,9H2,1-2H3,(H,19,22). The lowest BCUT2D eigenvalue weighted by Gasteiger charge is -2.11. The van der Waals surface area contributed by atoms with E-state index in [2.05, 4.69) is 15.5 Å². The lowest BCUT2D eigenvalue weighted by molar-refractivity contribution is -0.152. The molecule has 0 unspecified atom stereocenters. The molecule has 0 aliphatic heterocycles. The number of thioether (sulfide) groups is 1. The van der Waals surface area contributed by atoms with Gasteiger partial charge in [0.15, 0.2) is 0 Å². The Bertz CT molecular complexity index is 809. The van der Waals surface area contributed by atoms with Crippen molar-refractivity contribution < 1.29 is 32.7 Å². The first-order valence-corrected chi connectivity index (χ1v) is 9.18. The van der Waals surface area contributed by atoms with Gasteiger partial charge < -0.3 is 19.2 Å². The monoisotopic (exact) mass is 411 g/mol. The molecule has 1 N–H and O–H groups in total. The Morgan fingerprint density at radius 3 is 2.29 bits per heavy atom. The number of nitrogens with zero attached hydrogens (tertiary/aromatic N) is 2. The molecule has 0 saturated heterocycles. The minimum Gasteiger partial charge on any atom is -0.465 e. The Labute approximate surface area is 164 Å². The third-order valence-corrected chi connectivity index (χ3v) is 4.16. The Morgan fingerprint density at radius 2 is 1.71 bits per heavy atom. The van der Waals surface area contributed by atoms with Crippen molar-refractivity contribution in [3.8, 4) is 0 Å². The van der Waals surface area contributed by atoms with Gasteiger partial charge in [-0.05, 0) is 49.9 Å². The van der Waals surface area contributed by atoms with Crippen LogP contribution in [-0.2, 0) is 25.6 Å². The van der Waals surface area contributed by atoms with Gasteiger partial charge in [-0.25, -0.2) is 4.39 Å². The molecule has 0 bridgehead atoms. The van der Waals surface area contributed by atoms with Crippen LogP contribution in [0.4, 0.5) is 4.39 Å². The Hall–Kier alpha value is -2.95. The highest BCUT2D eigenvalue weighted by Gasteiger charge is 2.33. The van der Waals surface area contributed by atoms with Gasteiger partial charge in [0, 0.05) is 5.56 Å². The highest BCUT2D eigenvalue weighted by molar-refractivity contribution is 8.01. The first kappa shape index (κ1) is 21.4. The molecule has 28 heavy (non-hydrogen) atoms. The topological polar surface area (TPSA) is 121 Å². The number of benzene rings is 1. The van der Waals surface area contributed by atoms with E-state index >= 15 is 0 Å². The fourth-order valence-corrected chi connectivity index (χ4v) is 2.71. The van der Waals surface area contributed by atoms with Crippen LogP contribution in [0.5, 0.6) is 0 Å². The molecule has 0 spiro atoms. The number of ether oxygens (including phenoxy) is 2. The fraction of sp³-hybridized carbons (Fsp3) is 0.353. The molecule has 1 heterocycles. The number of aromatic nitrogens is 2. The number of rotatable bonds is 9. The number of halogens is 1. The predicted molar refractivity (Wildman–Crippen MR) is 94.8 cm³/mol. The number of hydrogen-bond acceptors (Lipinski definition) is 9. The summed E-state index contributed by atoms with van der Waals surface area (Å²) in [6, 6.07) is 5.01. The summed E-state index contributed by atoms with van der Waals surface area (Å²) < 4.78 is 27.9. The fourth-order valence-electron chi connectivity index (χ4n) is 1.95. The van der Waals surface area contributed by atoms with Gasteiger partial charge in [-0.15, -0.1) is 10.2 Å². The van der Waals surface area contributed by atoms with Crippen molar-refractivity contribution in [2.75, 3.05) is 13.2 Å². The number of esters is 2. The van der Waals surface area contributed by atoms with Gasteiger partial charge in [-0.2, -0.15) is 0 Å². The van der Waals surface area contributed by atoms with Crippen LogP contribution < -0.4 is 5.32 Å². The predicted octanol–water partition coefficient (Wildman–Crippen LogP) is 1.73. The first-order valence-electron chi connectivity index (χ1n) is 8.30. The molecule has 0 atom stereocenters. The molecule has 1 aromatic heterocycles. The van der Waals surface area contributed by atoms with E-state index in [0.29, 0.717) is 11.8 Å². The first-order chi connectivity index (χ1) is 13.4. The highest BCUT2D eigenvalue weighted by atomic mass is 32.2. The van der Waals surface area contributed by atoms with E-state index in [0.717, 1.165) is 0 Å². The van der Waals surface area contributed by atoms with E-state index in [1.165, 1.54) is 24.3 Å². The summed E-state index contributed by atoms with van der Waals surface area (Å²) in [4.78, 5) is 35.9. The molecule has 2 rings (SSSR count). The molecule has 0 aliphatic rings. The van der Waals surface area contributed by atoms with Crippen molar-refractivity contribution in [2.45, 2.75) is 30.9 Å². The van der Waals surface area contributed by atoms with Gasteiger partial charge in [0.2, 0.25) is 11.1 Å². The number of hydrogen-bond donors (Lipinski definition) is 1. The van der Waals surface area contributed by atoms with Gasteiger partial charge >= 0.3 is 11.9 Å². The van der Waals surface area contributed by atoms with E-state index in [4.69, 9.17) is 13.9 Å². The zero-order chi connectivity index (χ0) is 20.5. The van der Waals surface area contributed by atoms with Crippen molar-refractivity contribution in [1.29, 1.82) is 0 Å². The summed E-state index contributed by atoms with van der Waals surface area (Å²) in [5.41, 5.74) is 0.264. The minimum absolute atomic E-state index is 0.0582. The quantitative estimate of drug-likeness (QED) is 0.373. The highest BCUT2D eigenvalue weighted by Crippen LogP contribution is 2.24. The van der Waals surface area contributed by atoms with Crippen LogP contribution in [0, 0.1) is 5.82 Å². The third-order valence-electron chi connectivity index (χ3n) is 3.17. The van der Waals surface area contributed by atoms with Crippen LogP contribution in [0.2, 0.25) is 0 Å². The second-order valence-corrected chi connectivity index (χ2v) is 6.21. The molecule has 11 heteroatoms. The summed E-state index contributed by atoms with van der Waals surface area (Å²) >= 11 is 0.694. The van der Waals surface area contributed by atoms with Crippen molar-refractivity contribution >= 4 is 29.6 Å². The number of carbonyl (C=O) groups is 3. The SMILES string of the molecule is CCOC(=O)C(Sc1nnc(CNC(=O)c2ccc(F)cc2)o1)C(=O)OCC. The van der Waals surface area contributed by atoms with Crippen molar-refractivity contribution in [3.63, 3.8) is 0 Å². The van der Waals surface area contributed by atoms with Gasteiger partial charge in [-0.1, -0.05) is 0 Å². The Kier molecular flexibility index (Phi) is 7.93. The molecule has 0 saturated carbocycles. The summed E-state index contributed by atoms with van der Waals surface area (Å²) in [6.45, 7) is 3.33. The smallest absolute Gasteiger partial charge is 0.331 e. The maximum absolute atomic E-state index is 12.9. The number of carbonyl (C=O) groups excluding carboxylic acids is 3. The molecular formula is C17H18FN3O6S. The largest absolute Gasteiger partial charge is 0.465 e. The average molecular weight is 411 g/mol. The molecule has 1 aromatic carbocycles. The van der Waals surface area contributed by atoms with Gasteiger partial charge in [0.1, 0.15) is 5.82 Å². The van der Waals surface area contributed by atoms with E-state index in [9.17, 15) is 18.8 Å². The van der Waals surface area contributed by atoms with Crippen LogP contribution in [0.1, 0.15) is 30.1 Å². The van der Waals surface area contributed by atoms with Crippen LogP contribution in [0.15, 0.2) is 33.9 Å². The Morgan fingerprint density at radius 1 is 1.11 bits per heavy atom. The zero-order valence-electron chi connectivity index (χ0n) is 15.1. The molecule has 1 amide bonds. The Balaban J connectivity index is 1.97. The number of amides is 1. The third kappa shape index (κ3) is 6.05. The van der Waals surface area contributed by atoms with Crippen LogP contribution in [0.25, 0.3) is 0 Å². The van der Waals surface area contributed by atoms with Crippen LogP contribution in [-0.4, -0.2) is 46.5 Å². The lowest BCUT2D eigenvalue weighted by Crippen LogP contribution is -2.30. The molecule has 0 aliphatic carbocycles. The molecule has 0 fully saturated rings. The lowest BCUT2D eigenvalue weighted by atomic mass is 10.2. The zero-order valence-corrected chi connectivity index (χ0v) is 16.0. The van der Waals surface area contributed by atoms with E-state index in [1.807, 2.05) is 0 Å². The van der Waals surface area contributed by atoms with E-state index in [-0.39, 0.29) is 36.4 Å². The van der Waals surface area contributed by atoms with Gasteiger partial charge in [0.05, 0.1) is 19.8 Å². The maximum Gasteiger partial charge on any atom is 0.331 e. The molecular weight excluding hydrogens is 393 g/mol. The van der Waals surface area contributed by atoms with Crippen LogP contribution >= 0.6 is 11.8 Å². The van der Waals surface area contributed by atoms with Crippen molar-refractivity contribution in [3.05, 3.63) is 41.5 Å². The van der Waals surface area contributed by atoms with Crippen LogP contribution in [0.3, 0.4) is 0 Å². The van der Waals surface area contributed by atoms with Gasteiger partial charge in [-0.3, -0.25) is 14.4 Å². The summed E-state index contributed by atoms with van der Waals surface area (Å²) in [5, 5.41) is 8.65. The molecule has 2 aromatic rings. The summed E-state index contributed by atoms with van der Waals surface area (Å²) in [6.07, 6.45) is 0. The summed E-state index contributed by atoms with van der Waals surface area (Å²) in [7, 11) is 0. The van der Waals surface area contributed by atoms with Crippen molar-refractivity contribution in [1.82, 2.24) is 15.5 Å². The molecule has 9 nitrogen and oxygen atoms in total. The van der Waals surface area contributed by atoms with E-state index in [1.54, 1.807) is 13.8 Å². The summed E-state index contributed by atoms with van der Waals surface area (Å²) in [5.74, 6) is -2.41. The normalized spacial score (nSPS) is 10.6. The van der Waals surface area contributed by atoms with Gasteiger partial charge in [0.25, 0.3) is 11.1 Å². The number of nitrogens with one attached hydrogen (secondary N) is 1. The molecule has 150 valence electrons. The minimum atomic E-state index is -1.30. The second kappa shape index (κ2) is 10.4. The average Bonchev–Trinajstić information content (AvgIpc) is 3.12.